The summed E-state index contributed by atoms with van der Waals surface area (Å²) in [6, 6.07) is 0.177. The molecule has 1 saturated carbocycles. The summed E-state index contributed by atoms with van der Waals surface area (Å²) in [6.45, 7) is 3.99. The molecule has 0 aromatic rings. The van der Waals surface area contributed by atoms with Crippen molar-refractivity contribution in [2.75, 3.05) is 32.1 Å². The fourth-order valence-electron chi connectivity index (χ4n) is 3.14. The van der Waals surface area contributed by atoms with E-state index >= 15 is 0 Å². The predicted octanol–water partition coefficient (Wildman–Crippen LogP) is 0.834. The van der Waals surface area contributed by atoms with Crippen LogP contribution in [0.5, 0.6) is 0 Å². The Morgan fingerprint density at radius 1 is 1.32 bits per heavy atom. The Morgan fingerprint density at radius 3 is 2.68 bits per heavy atom. The van der Waals surface area contributed by atoms with E-state index in [-0.39, 0.29) is 30.8 Å². The predicted molar refractivity (Wildman–Crippen MR) is 77.9 cm³/mol. The number of fused-ring (bicyclic) bond motifs is 1. The van der Waals surface area contributed by atoms with Crippen LogP contribution < -0.4 is 5.73 Å². The Bertz CT molecular complexity index is 377. The van der Waals surface area contributed by atoms with Crippen LogP contribution in [0.4, 0.5) is 0 Å². The number of hydrogen-bond donors (Lipinski definition) is 1. The summed E-state index contributed by atoms with van der Waals surface area (Å²) in [5, 5.41) is 0. The Morgan fingerprint density at radius 2 is 2.05 bits per heavy atom. The molecule has 0 amide bonds. The lowest BCUT2D eigenvalue weighted by Crippen LogP contribution is -2.38. The summed E-state index contributed by atoms with van der Waals surface area (Å²) in [7, 11) is -3.16. The van der Waals surface area contributed by atoms with Crippen LogP contribution in [0.25, 0.3) is 0 Å². The van der Waals surface area contributed by atoms with Gasteiger partial charge >= 0.3 is 0 Å². The highest BCUT2D eigenvalue weighted by atomic mass is 35.5. The first-order chi connectivity index (χ1) is 8.54. The molecule has 2 fully saturated rings. The van der Waals surface area contributed by atoms with Crippen LogP contribution in [0.15, 0.2) is 0 Å². The second-order valence-corrected chi connectivity index (χ2v) is 7.44. The number of sulfonamides is 1. The van der Waals surface area contributed by atoms with Gasteiger partial charge in [-0.2, -0.15) is 0 Å². The third-order valence-electron chi connectivity index (χ3n) is 4.20. The van der Waals surface area contributed by atoms with E-state index in [9.17, 15) is 8.42 Å². The van der Waals surface area contributed by atoms with Gasteiger partial charge in [0.1, 0.15) is 0 Å². The molecule has 0 bridgehead atoms. The number of nitrogens with two attached hydrogens (primary N) is 1. The number of nitrogens with zero attached hydrogens (tertiary/aromatic N) is 1. The van der Waals surface area contributed by atoms with E-state index in [2.05, 4.69) is 0 Å². The monoisotopic (exact) mass is 312 g/mol. The molecule has 1 heterocycles. The smallest absolute Gasteiger partial charge is 0.216 e. The van der Waals surface area contributed by atoms with E-state index in [1.807, 2.05) is 6.92 Å². The Hall–Kier alpha value is 0.120. The zero-order chi connectivity index (χ0) is 13.2. The van der Waals surface area contributed by atoms with Gasteiger partial charge in [0.05, 0.1) is 12.4 Å². The van der Waals surface area contributed by atoms with Gasteiger partial charge in [-0.15, -0.1) is 12.4 Å². The zero-order valence-electron chi connectivity index (χ0n) is 11.5. The standard InChI is InChI=1S/C12H24N2O3S.ClH/c1-2-17-6-7-18(15,16)14-8-10-4-3-5-12(13)11(10)9-14;/h10-12H,2-9,13H2,1H3;1H. The van der Waals surface area contributed by atoms with Crippen LogP contribution in [0.3, 0.4) is 0 Å². The van der Waals surface area contributed by atoms with E-state index in [4.69, 9.17) is 10.5 Å². The Balaban J connectivity index is 0.00000180. The Kier molecular flexibility index (Phi) is 6.53. The molecule has 2 N–H and O–H groups in total. The number of hydrogen-bond acceptors (Lipinski definition) is 4. The fourth-order valence-corrected chi connectivity index (χ4v) is 4.55. The van der Waals surface area contributed by atoms with E-state index in [1.165, 1.54) is 0 Å². The molecule has 5 nitrogen and oxygen atoms in total. The average molecular weight is 313 g/mol. The SMILES string of the molecule is CCOCCS(=O)(=O)N1CC2CCCC(N)C2C1.Cl. The highest BCUT2D eigenvalue weighted by Gasteiger charge is 2.42. The van der Waals surface area contributed by atoms with E-state index in [0.29, 0.717) is 31.5 Å². The molecule has 0 radical (unpaired) electrons. The van der Waals surface area contributed by atoms with Gasteiger partial charge in [0.25, 0.3) is 0 Å². The molecule has 0 aromatic carbocycles. The van der Waals surface area contributed by atoms with Crippen molar-refractivity contribution in [3.63, 3.8) is 0 Å². The van der Waals surface area contributed by atoms with Gasteiger partial charge in [-0.1, -0.05) is 6.42 Å². The largest absolute Gasteiger partial charge is 0.381 e. The van der Waals surface area contributed by atoms with Crippen LogP contribution in [0.2, 0.25) is 0 Å². The van der Waals surface area contributed by atoms with Gasteiger partial charge in [0.2, 0.25) is 10.0 Å². The summed E-state index contributed by atoms with van der Waals surface area (Å²) in [5.41, 5.74) is 6.10. The summed E-state index contributed by atoms with van der Waals surface area (Å²) in [5.74, 6) is 0.923. The van der Waals surface area contributed by atoms with Gasteiger partial charge < -0.3 is 10.5 Å². The van der Waals surface area contributed by atoms with Crippen molar-refractivity contribution in [3.05, 3.63) is 0 Å². The van der Waals surface area contributed by atoms with Crippen LogP contribution in [0, 0.1) is 11.8 Å². The molecule has 3 atom stereocenters. The fraction of sp³-hybridized carbons (Fsp3) is 1.00. The minimum atomic E-state index is -3.16. The first kappa shape index (κ1) is 17.2. The molecule has 0 spiro atoms. The van der Waals surface area contributed by atoms with Gasteiger partial charge in [0.15, 0.2) is 0 Å². The van der Waals surface area contributed by atoms with Crippen molar-refractivity contribution in [1.82, 2.24) is 4.31 Å². The van der Waals surface area contributed by atoms with E-state index in [0.717, 1.165) is 19.3 Å². The van der Waals surface area contributed by atoms with Crippen LogP contribution in [-0.2, 0) is 14.8 Å². The van der Waals surface area contributed by atoms with Crippen LogP contribution in [-0.4, -0.2) is 50.8 Å². The molecule has 7 heteroatoms. The van der Waals surface area contributed by atoms with Crippen LogP contribution in [0.1, 0.15) is 26.2 Å². The summed E-state index contributed by atoms with van der Waals surface area (Å²) in [6.07, 6.45) is 3.29. The average Bonchev–Trinajstić information content (AvgIpc) is 2.75. The molecule has 1 aliphatic heterocycles. The molecule has 1 aliphatic carbocycles. The van der Waals surface area contributed by atoms with Crippen molar-refractivity contribution < 1.29 is 13.2 Å². The van der Waals surface area contributed by atoms with Gasteiger partial charge in [-0.05, 0) is 31.6 Å². The van der Waals surface area contributed by atoms with Gasteiger partial charge in [-0.3, -0.25) is 0 Å². The molecule has 2 aliphatic rings. The number of rotatable bonds is 5. The van der Waals surface area contributed by atoms with Crippen molar-refractivity contribution in [2.24, 2.45) is 17.6 Å². The third kappa shape index (κ3) is 4.04. The van der Waals surface area contributed by atoms with E-state index in [1.54, 1.807) is 4.31 Å². The van der Waals surface area contributed by atoms with Crippen LogP contribution >= 0.6 is 12.4 Å². The van der Waals surface area contributed by atoms with Crippen molar-refractivity contribution in [1.29, 1.82) is 0 Å². The maximum Gasteiger partial charge on any atom is 0.216 e. The minimum Gasteiger partial charge on any atom is -0.381 e. The molecule has 1 saturated heterocycles. The molecule has 3 unspecified atom stereocenters. The quantitative estimate of drug-likeness (QED) is 0.763. The lowest BCUT2D eigenvalue weighted by Gasteiger charge is -2.29. The lowest BCUT2D eigenvalue weighted by atomic mass is 9.78. The maximum atomic E-state index is 12.2. The number of halogens is 1. The molecule has 2 rings (SSSR count). The molecule has 19 heavy (non-hydrogen) atoms. The molecular formula is C12H25ClN2O3S. The first-order valence-corrected chi connectivity index (χ1v) is 8.46. The summed E-state index contributed by atoms with van der Waals surface area (Å²) >= 11 is 0. The van der Waals surface area contributed by atoms with Crippen molar-refractivity contribution >= 4 is 22.4 Å². The maximum absolute atomic E-state index is 12.2. The molecular weight excluding hydrogens is 288 g/mol. The molecule has 114 valence electrons. The summed E-state index contributed by atoms with van der Waals surface area (Å²) < 4.78 is 31.1. The third-order valence-corrected chi connectivity index (χ3v) is 5.97. The summed E-state index contributed by atoms with van der Waals surface area (Å²) in [4.78, 5) is 0. The van der Waals surface area contributed by atoms with Crippen molar-refractivity contribution in [2.45, 2.75) is 32.2 Å². The van der Waals surface area contributed by atoms with Gasteiger partial charge in [0, 0.05) is 25.7 Å². The lowest BCUT2D eigenvalue weighted by molar-refractivity contribution is 0.162. The Labute approximate surface area is 122 Å². The highest BCUT2D eigenvalue weighted by Crippen LogP contribution is 2.36. The van der Waals surface area contributed by atoms with E-state index < -0.39 is 10.0 Å². The number of ether oxygens (including phenoxy) is 1. The normalized spacial score (nSPS) is 31.8. The first-order valence-electron chi connectivity index (χ1n) is 6.85. The zero-order valence-corrected chi connectivity index (χ0v) is 13.1. The highest BCUT2D eigenvalue weighted by molar-refractivity contribution is 7.89. The second-order valence-electron chi connectivity index (χ2n) is 5.35. The topological polar surface area (TPSA) is 72.6 Å². The van der Waals surface area contributed by atoms with Gasteiger partial charge in [-0.25, -0.2) is 12.7 Å². The van der Waals surface area contributed by atoms with Crippen molar-refractivity contribution in [3.8, 4) is 0 Å². The molecule has 0 aromatic heterocycles. The minimum absolute atomic E-state index is 0. The second kappa shape index (κ2) is 7.22.